The van der Waals surface area contributed by atoms with E-state index in [9.17, 15) is 0 Å². The predicted octanol–water partition coefficient (Wildman–Crippen LogP) is 2.06. The smallest absolute Gasteiger partial charge is 0.141 e. The van der Waals surface area contributed by atoms with Crippen molar-refractivity contribution in [2.24, 2.45) is 0 Å². The van der Waals surface area contributed by atoms with E-state index in [0.717, 1.165) is 28.4 Å². The standard InChI is InChI=1S/C10H11N3O/c1-6-10(7(2)14-13-6)9-4-11-8(3)12-5-9/h4-5H,1-3H3. The van der Waals surface area contributed by atoms with Gasteiger partial charge in [-0.05, 0) is 20.8 Å². The second-order valence-electron chi connectivity index (χ2n) is 3.22. The molecule has 72 valence electrons. The van der Waals surface area contributed by atoms with E-state index in [1.165, 1.54) is 0 Å². The highest BCUT2D eigenvalue weighted by Gasteiger charge is 2.11. The molecule has 0 radical (unpaired) electrons. The SMILES string of the molecule is Cc1ncc(-c2c(C)noc2C)cn1. The molecule has 0 aromatic carbocycles. The van der Waals surface area contributed by atoms with Crippen LogP contribution in [0.5, 0.6) is 0 Å². The molecule has 0 aliphatic carbocycles. The van der Waals surface area contributed by atoms with Crippen LogP contribution >= 0.6 is 0 Å². The monoisotopic (exact) mass is 189 g/mol. The highest BCUT2D eigenvalue weighted by molar-refractivity contribution is 5.65. The van der Waals surface area contributed by atoms with Gasteiger partial charge in [-0.25, -0.2) is 9.97 Å². The third-order valence-electron chi connectivity index (χ3n) is 2.10. The topological polar surface area (TPSA) is 51.8 Å². The lowest BCUT2D eigenvalue weighted by Crippen LogP contribution is -1.89. The highest BCUT2D eigenvalue weighted by Crippen LogP contribution is 2.25. The number of aromatic nitrogens is 3. The Morgan fingerprint density at radius 3 is 2.21 bits per heavy atom. The van der Waals surface area contributed by atoms with E-state index in [2.05, 4.69) is 15.1 Å². The van der Waals surface area contributed by atoms with Gasteiger partial charge in [0.15, 0.2) is 0 Å². The Balaban J connectivity index is 2.54. The Labute approximate surface area is 82.0 Å². The zero-order chi connectivity index (χ0) is 10.1. The summed E-state index contributed by atoms with van der Waals surface area (Å²) in [5.74, 6) is 1.57. The fourth-order valence-corrected chi connectivity index (χ4v) is 1.42. The first kappa shape index (κ1) is 8.87. The van der Waals surface area contributed by atoms with Gasteiger partial charge in [0.1, 0.15) is 11.6 Å². The van der Waals surface area contributed by atoms with Crippen molar-refractivity contribution in [3.05, 3.63) is 29.7 Å². The highest BCUT2D eigenvalue weighted by atomic mass is 16.5. The molecule has 2 aromatic rings. The molecule has 0 aliphatic heterocycles. The Bertz CT molecular complexity index is 425. The molecule has 0 bridgehead atoms. The van der Waals surface area contributed by atoms with Crippen LogP contribution < -0.4 is 0 Å². The van der Waals surface area contributed by atoms with E-state index in [-0.39, 0.29) is 0 Å². The lowest BCUT2D eigenvalue weighted by atomic mass is 10.1. The Hall–Kier alpha value is -1.71. The zero-order valence-electron chi connectivity index (χ0n) is 8.40. The summed E-state index contributed by atoms with van der Waals surface area (Å²) in [5, 5.41) is 3.88. The van der Waals surface area contributed by atoms with Crippen LogP contribution in [-0.4, -0.2) is 15.1 Å². The van der Waals surface area contributed by atoms with E-state index in [1.54, 1.807) is 12.4 Å². The van der Waals surface area contributed by atoms with Gasteiger partial charge in [-0.3, -0.25) is 0 Å². The van der Waals surface area contributed by atoms with Crippen LogP contribution in [0.3, 0.4) is 0 Å². The number of aryl methyl sites for hydroxylation is 3. The van der Waals surface area contributed by atoms with E-state index < -0.39 is 0 Å². The van der Waals surface area contributed by atoms with Crippen molar-refractivity contribution in [1.82, 2.24) is 15.1 Å². The number of hydrogen-bond donors (Lipinski definition) is 0. The summed E-state index contributed by atoms with van der Waals surface area (Å²) in [6.45, 7) is 5.65. The van der Waals surface area contributed by atoms with Crippen molar-refractivity contribution >= 4 is 0 Å². The van der Waals surface area contributed by atoms with Crippen molar-refractivity contribution in [3.8, 4) is 11.1 Å². The first-order chi connectivity index (χ1) is 6.68. The average molecular weight is 189 g/mol. The molecule has 0 saturated carbocycles. The molecule has 2 heterocycles. The summed E-state index contributed by atoms with van der Waals surface area (Å²) in [6.07, 6.45) is 3.57. The van der Waals surface area contributed by atoms with Crippen molar-refractivity contribution < 1.29 is 4.52 Å². The van der Waals surface area contributed by atoms with E-state index in [0.29, 0.717) is 0 Å². The molecule has 2 aromatic heterocycles. The minimum Gasteiger partial charge on any atom is -0.361 e. The molecule has 0 spiro atoms. The fourth-order valence-electron chi connectivity index (χ4n) is 1.42. The summed E-state index contributed by atoms with van der Waals surface area (Å²) in [5.41, 5.74) is 2.81. The Morgan fingerprint density at radius 1 is 1.07 bits per heavy atom. The molecule has 0 fully saturated rings. The molecule has 0 amide bonds. The summed E-state index contributed by atoms with van der Waals surface area (Å²) in [6, 6.07) is 0. The first-order valence-electron chi connectivity index (χ1n) is 4.40. The molecule has 0 saturated heterocycles. The van der Waals surface area contributed by atoms with Gasteiger partial charge in [-0.2, -0.15) is 0 Å². The second-order valence-corrected chi connectivity index (χ2v) is 3.22. The Morgan fingerprint density at radius 2 is 1.71 bits per heavy atom. The van der Waals surface area contributed by atoms with Gasteiger partial charge >= 0.3 is 0 Å². The molecular weight excluding hydrogens is 178 g/mol. The third-order valence-corrected chi connectivity index (χ3v) is 2.10. The summed E-state index contributed by atoms with van der Waals surface area (Å²) in [7, 11) is 0. The summed E-state index contributed by atoms with van der Waals surface area (Å²) in [4.78, 5) is 8.27. The first-order valence-corrected chi connectivity index (χ1v) is 4.40. The van der Waals surface area contributed by atoms with Crippen LogP contribution in [0.15, 0.2) is 16.9 Å². The average Bonchev–Trinajstić information content (AvgIpc) is 2.49. The van der Waals surface area contributed by atoms with Gasteiger partial charge < -0.3 is 4.52 Å². The van der Waals surface area contributed by atoms with Crippen LogP contribution in [0.2, 0.25) is 0 Å². The van der Waals surface area contributed by atoms with Crippen molar-refractivity contribution in [2.45, 2.75) is 20.8 Å². The van der Waals surface area contributed by atoms with E-state index >= 15 is 0 Å². The van der Waals surface area contributed by atoms with Gasteiger partial charge in [0.2, 0.25) is 0 Å². The number of rotatable bonds is 1. The third kappa shape index (κ3) is 1.39. The van der Waals surface area contributed by atoms with Gasteiger partial charge in [0, 0.05) is 18.0 Å². The van der Waals surface area contributed by atoms with E-state index in [4.69, 9.17) is 4.52 Å². The summed E-state index contributed by atoms with van der Waals surface area (Å²) >= 11 is 0. The van der Waals surface area contributed by atoms with Crippen LogP contribution in [0.1, 0.15) is 17.3 Å². The zero-order valence-corrected chi connectivity index (χ0v) is 8.40. The summed E-state index contributed by atoms with van der Waals surface area (Å²) < 4.78 is 5.07. The maximum absolute atomic E-state index is 5.07. The van der Waals surface area contributed by atoms with Crippen molar-refractivity contribution in [3.63, 3.8) is 0 Å². The minimum atomic E-state index is 0.764. The maximum atomic E-state index is 5.07. The molecule has 2 rings (SSSR count). The number of hydrogen-bond acceptors (Lipinski definition) is 4. The Kier molecular flexibility index (Phi) is 2.04. The van der Waals surface area contributed by atoms with Gasteiger partial charge in [0.25, 0.3) is 0 Å². The largest absolute Gasteiger partial charge is 0.361 e. The molecule has 0 N–H and O–H groups in total. The molecule has 0 aliphatic rings. The minimum absolute atomic E-state index is 0.764. The normalized spacial score (nSPS) is 10.5. The van der Waals surface area contributed by atoms with Gasteiger partial charge in [0.05, 0.1) is 11.3 Å². The molecule has 0 atom stereocenters. The van der Waals surface area contributed by atoms with Crippen LogP contribution in [0.4, 0.5) is 0 Å². The van der Waals surface area contributed by atoms with Crippen LogP contribution in [0, 0.1) is 20.8 Å². The molecule has 4 heteroatoms. The fraction of sp³-hybridized carbons (Fsp3) is 0.300. The van der Waals surface area contributed by atoms with Crippen molar-refractivity contribution in [2.75, 3.05) is 0 Å². The lowest BCUT2D eigenvalue weighted by Gasteiger charge is -1.98. The van der Waals surface area contributed by atoms with Crippen molar-refractivity contribution in [1.29, 1.82) is 0 Å². The predicted molar refractivity (Wildman–Crippen MR) is 51.7 cm³/mol. The molecular formula is C10H11N3O. The molecule has 0 unspecified atom stereocenters. The van der Waals surface area contributed by atoms with Crippen LogP contribution in [-0.2, 0) is 0 Å². The van der Waals surface area contributed by atoms with Crippen LogP contribution in [0.25, 0.3) is 11.1 Å². The number of nitrogens with zero attached hydrogens (tertiary/aromatic N) is 3. The molecule has 4 nitrogen and oxygen atoms in total. The molecule has 14 heavy (non-hydrogen) atoms. The maximum Gasteiger partial charge on any atom is 0.141 e. The van der Waals surface area contributed by atoms with Gasteiger partial charge in [-0.1, -0.05) is 5.16 Å². The lowest BCUT2D eigenvalue weighted by molar-refractivity contribution is 0.393. The van der Waals surface area contributed by atoms with Gasteiger partial charge in [-0.15, -0.1) is 0 Å². The quantitative estimate of drug-likeness (QED) is 0.689. The second kappa shape index (κ2) is 3.21. The van der Waals surface area contributed by atoms with E-state index in [1.807, 2.05) is 20.8 Å².